The zero-order valence-corrected chi connectivity index (χ0v) is 14.1. The van der Waals surface area contributed by atoms with Crippen LogP contribution < -0.4 is 10.6 Å². The number of aromatic nitrogens is 2. The van der Waals surface area contributed by atoms with Crippen LogP contribution in [0.3, 0.4) is 0 Å². The van der Waals surface area contributed by atoms with E-state index >= 15 is 0 Å². The summed E-state index contributed by atoms with van der Waals surface area (Å²) in [6.07, 6.45) is -3.78. The molecule has 7 heteroatoms. The molecule has 1 heterocycles. The summed E-state index contributed by atoms with van der Waals surface area (Å²) >= 11 is 0. The van der Waals surface area contributed by atoms with Crippen molar-refractivity contribution in [3.05, 3.63) is 41.1 Å². The SMILES string of the molecule is CC[C@@H](C)Nc1nc(Nc2cc(C)cc(C)c2)cc(C(F)(F)F)n1. The predicted molar refractivity (Wildman–Crippen MR) is 89.6 cm³/mol. The third kappa shape index (κ3) is 4.84. The van der Waals surface area contributed by atoms with Gasteiger partial charge >= 0.3 is 6.18 Å². The van der Waals surface area contributed by atoms with Gasteiger partial charge in [-0.3, -0.25) is 0 Å². The molecule has 1 atom stereocenters. The van der Waals surface area contributed by atoms with Crippen LogP contribution in [-0.4, -0.2) is 16.0 Å². The van der Waals surface area contributed by atoms with Crippen molar-refractivity contribution in [1.82, 2.24) is 9.97 Å². The fourth-order valence-corrected chi connectivity index (χ4v) is 2.24. The van der Waals surface area contributed by atoms with E-state index in [9.17, 15) is 13.2 Å². The van der Waals surface area contributed by atoms with Crippen molar-refractivity contribution in [1.29, 1.82) is 0 Å². The highest BCUT2D eigenvalue weighted by molar-refractivity contribution is 5.59. The number of alkyl halides is 3. The van der Waals surface area contributed by atoms with Crippen molar-refractivity contribution >= 4 is 17.5 Å². The lowest BCUT2D eigenvalue weighted by Crippen LogP contribution is -2.18. The maximum absolute atomic E-state index is 13.1. The molecule has 130 valence electrons. The Hall–Kier alpha value is -2.31. The van der Waals surface area contributed by atoms with E-state index < -0.39 is 11.9 Å². The summed E-state index contributed by atoms with van der Waals surface area (Å²) in [5.74, 6) is 0.0687. The van der Waals surface area contributed by atoms with Gasteiger partial charge < -0.3 is 10.6 Å². The maximum atomic E-state index is 13.1. The lowest BCUT2D eigenvalue weighted by atomic mass is 10.1. The van der Waals surface area contributed by atoms with E-state index in [1.54, 1.807) is 0 Å². The molecular formula is C17H21F3N4. The third-order valence-corrected chi connectivity index (χ3v) is 3.50. The highest BCUT2D eigenvalue weighted by Gasteiger charge is 2.33. The molecule has 0 amide bonds. The van der Waals surface area contributed by atoms with Crippen molar-refractivity contribution in [2.24, 2.45) is 0 Å². The molecule has 1 aromatic carbocycles. The van der Waals surface area contributed by atoms with Gasteiger partial charge in [0.05, 0.1) is 0 Å². The Balaban J connectivity index is 2.38. The number of hydrogen-bond donors (Lipinski definition) is 2. The number of anilines is 3. The number of nitrogens with one attached hydrogen (secondary N) is 2. The lowest BCUT2D eigenvalue weighted by Gasteiger charge is -2.16. The second-order valence-electron chi connectivity index (χ2n) is 5.91. The molecule has 0 saturated carbocycles. The van der Waals surface area contributed by atoms with Crippen LogP contribution >= 0.6 is 0 Å². The third-order valence-electron chi connectivity index (χ3n) is 3.50. The highest BCUT2D eigenvalue weighted by Crippen LogP contribution is 2.30. The maximum Gasteiger partial charge on any atom is 0.433 e. The Morgan fingerprint density at radius 2 is 1.67 bits per heavy atom. The lowest BCUT2D eigenvalue weighted by molar-refractivity contribution is -0.141. The minimum Gasteiger partial charge on any atom is -0.352 e. The quantitative estimate of drug-likeness (QED) is 0.799. The molecular weight excluding hydrogens is 317 g/mol. The molecule has 0 saturated heterocycles. The zero-order chi connectivity index (χ0) is 17.9. The second-order valence-corrected chi connectivity index (χ2v) is 5.91. The average molecular weight is 338 g/mol. The van der Waals surface area contributed by atoms with E-state index in [4.69, 9.17) is 0 Å². The van der Waals surface area contributed by atoms with Crippen LogP contribution in [0, 0.1) is 13.8 Å². The van der Waals surface area contributed by atoms with Crippen LogP contribution in [0.1, 0.15) is 37.1 Å². The van der Waals surface area contributed by atoms with Gasteiger partial charge in [-0.2, -0.15) is 18.2 Å². The number of aryl methyl sites for hydroxylation is 2. The van der Waals surface area contributed by atoms with E-state index in [2.05, 4.69) is 20.6 Å². The molecule has 0 aliphatic carbocycles. The molecule has 0 fully saturated rings. The zero-order valence-electron chi connectivity index (χ0n) is 14.1. The average Bonchev–Trinajstić information content (AvgIpc) is 2.44. The largest absolute Gasteiger partial charge is 0.433 e. The van der Waals surface area contributed by atoms with Crippen LogP contribution in [0.5, 0.6) is 0 Å². The molecule has 24 heavy (non-hydrogen) atoms. The van der Waals surface area contributed by atoms with E-state index in [0.29, 0.717) is 5.69 Å². The first-order chi connectivity index (χ1) is 11.2. The Labute approximate surface area is 139 Å². The number of benzene rings is 1. The van der Waals surface area contributed by atoms with Gasteiger partial charge in [0.25, 0.3) is 0 Å². The van der Waals surface area contributed by atoms with Crippen molar-refractivity contribution < 1.29 is 13.2 Å². The van der Waals surface area contributed by atoms with E-state index in [-0.39, 0.29) is 17.8 Å². The molecule has 4 nitrogen and oxygen atoms in total. The first-order valence-electron chi connectivity index (χ1n) is 7.75. The molecule has 0 spiro atoms. The van der Waals surface area contributed by atoms with Crippen molar-refractivity contribution in [3.63, 3.8) is 0 Å². The van der Waals surface area contributed by atoms with E-state index in [1.165, 1.54) is 0 Å². The van der Waals surface area contributed by atoms with Gasteiger partial charge in [-0.25, -0.2) is 4.98 Å². The molecule has 0 bridgehead atoms. The first kappa shape index (κ1) is 18.0. The smallest absolute Gasteiger partial charge is 0.352 e. The monoisotopic (exact) mass is 338 g/mol. The standard InChI is InChI=1S/C17H21F3N4/c1-5-12(4)21-16-23-14(17(18,19)20)9-15(24-16)22-13-7-10(2)6-11(3)8-13/h6-9,12H,5H2,1-4H3,(H2,21,22,23,24)/t12-/m1/s1. The molecule has 0 aliphatic heterocycles. The van der Waals surface area contributed by atoms with Gasteiger partial charge in [0.15, 0.2) is 5.69 Å². The Morgan fingerprint density at radius 3 is 2.21 bits per heavy atom. The molecule has 0 aliphatic rings. The minimum atomic E-state index is -4.53. The fraction of sp³-hybridized carbons (Fsp3) is 0.412. The second kappa shape index (κ2) is 7.07. The molecule has 0 unspecified atom stereocenters. The number of halogens is 3. The summed E-state index contributed by atoms with van der Waals surface area (Å²) in [7, 11) is 0. The summed E-state index contributed by atoms with van der Waals surface area (Å²) in [5, 5.41) is 5.83. The van der Waals surface area contributed by atoms with E-state index in [0.717, 1.165) is 23.6 Å². The Bertz CT molecular complexity index is 693. The number of nitrogens with zero attached hydrogens (tertiary/aromatic N) is 2. The molecule has 0 radical (unpaired) electrons. The Morgan fingerprint density at radius 1 is 1.04 bits per heavy atom. The van der Waals surface area contributed by atoms with Crippen molar-refractivity contribution in [2.75, 3.05) is 10.6 Å². The highest BCUT2D eigenvalue weighted by atomic mass is 19.4. The summed E-state index contributed by atoms with van der Waals surface area (Å²) in [6.45, 7) is 7.64. The van der Waals surface area contributed by atoms with Crippen LogP contribution in [0.4, 0.5) is 30.6 Å². The van der Waals surface area contributed by atoms with Gasteiger partial charge in [0, 0.05) is 17.8 Å². The fourth-order valence-electron chi connectivity index (χ4n) is 2.24. The first-order valence-corrected chi connectivity index (χ1v) is 7.75. The normalized spacial score (nSPS) is 12.8. The van der Waals surface area contributed by atoms with Gasteiger partial charge in [-0.1, -0.05) is 13.0 Å². The van der Waals surface area contributed by atoms with Crippen LogP contribution in [0.25, 0.3) is 0 Å². The van der Waals surface area contributed by atoms with Crippen molar-refractivity contribution in [3.8, 4) is 0 Å². The summed E-state index contributed by atoms with van der Waals surface area (Å²) in [5.41, 5.74) is 1.74. The van der Waals surface area contributed by atoms with Crippen molar-refractivity contribution in [2.45, 2.75) is 46.3 Å². The van der Waals surface area contributed by atoms with Crippen LogP contribution in [0.15, 0.2) is 24.3 Å². The molecule has 2 aromatic rings. The predicted octanol–water partition coefficient (Wildman–Crippen LogP) is 5.07. The number of rotatable bonds is 5. The topological polar surface area (TPSA) is 49.8 Å². The molecule has 2 rings (SSSR count). The van der Waals surface area contributed by atoms with Crippen LogP contribution in [-0.2, 0) is 6.18 Å². The van der Waals surface area contributed by atoms with Gasteiger partial charge in [-0.05, 0) is 50.5 Å². The molecule has 1 aromatic heterocycles. The van der Waals surface area contributed by atoms with E-state index in [1.807, 2.05) is 45.9 Å². The Kier molecular flexibility index (Phi) is 5.31. The van der Waals surface area contributed by atoms with Crippen LogP contribution in [0.2, 0.25) is 0 Å². The molecule has 2 N–H and O–H groups in total. The summed E-state index contributed by atoms with van der Waals surface area (Å²) in [6, 6.07) is 6.58. The minimum absolute atomic E-state index is 0.0254. The van der Waals surface area contributed by atoms with Gasteiger partial charge in [0.1, 0.15) is 5.82 Å². The summed E-state index contributed by atoms with van der Waals surface area (Å²) in [4.78, 5) is 7.74. The van der Waals surface area contributed by atoms with Gasteiger partial charge in [-0.15, -0.1) is 0 Å². The van der Waals surface area contributed by atoms with Gasteiger partial charge in [0.2, 0.25) is 5.95 Å². The number of hydrogen-bond acceptors (Lipinski definition) is 4. The summed E-state index contributed by atoms with van der Waals surface area (Å²) < 4.78 is 39.3.